The van der Waals surface area contributed by atoms with E-state index in [1.807, 2.05) is 23.5 Å². The highest BCUT2D eigenvalue weighted by atomic mass is 32.2. The fourth-order valence-corrected chi connectivity index (χ4v) is 5.14. The third-order valence-corrected chi connectivity index (χ3v) is 7.01. The van der Waals surface area contributed by atoms with E-state index in [4.69, 9.17) is 0 Å². The second-order valence-electron chi connectivity index (χ2n) is 6.69. The van der Waals surface area contributed by atoms with E-state index in [1.54, 1.807) is 0 Å². The third kappa shape index (κ3) is 6.92. The molecule has 6 heteroatoms. The maximum atomic E-state index is 2.40. The van der Waals surface area contributed by atoms with E-state index in [-0.39, 0.29) is 7.43 Å². The molecule has 0 aromatic carbocycles. The molecule has 3 saturated heterocycles. The molecule has 3 fully saturated rings. The molecule has 0 N–H and O–H groups in total. The largest absolute Gasteiger partial charge is 0.369 e. The fraction of sp³-hybridized carbons (Fsp3) is 0.524. The predicted octanol–water partition coefficient (Wildman–Crippen LogP) is 2.96. The van der Waals surface area contributed by atoms with Gasteiger partial charge in [0.05, 0.1) is 10.1 Å². The number of rotatable bonds is 4. The molecule has 27 heavy (non-hydrogen) atoms. The molecular formula is C21H34N4S2+2. The van der Waals surface area contributed by atoms with Crippen LogP contribution in [0.25, 0.3) is 0 Å². The number of thioether (sulfide) groups is 2. The van der Waals surface area contributed by atoms with E-state index < -0.39 is 0 Å². The Balaban J connectivity index is 0.00000261. The lowest BCUT2D eigenvalue weighted by Crippen LogP contribution is -2.36. The van der Waals surface area contributed by atoms with Crippen molar-refractivity contribution in [1.29, 1.82) is 0 Å². The van der Waals surface area contributed by atoms with E-state index in [9.17, 15) is 0 Å². The molecular weight excluding hydrogens is 372 g/mol. The zero-order valence-corrected chi connectivity index (χ0v) is 17.5. The topological polar surface area (TPSA) is 12.5 Å². The summed E-state index contributed by atoms with van der Waals surface area (Å²) < 4.78 is 4.81. The van der Waals surface area contributed by atoms with Crippen LogP contribution in [-0.4, -0.2) is 96.2 Å². The maximum absolute atomic E-state index is 2.40. The first-order valence-corrected chi connectivity index (χ1v) is 11.3. The molecule has 3 rings (SSSR count). The predicted molar refractivity (Wildman–Crippen MR) is 123 cm³/mol. The summed E-state index contributed by atoms with van der Waals surface area (Å²) in [7, 11) is 4.32. The number of hydrogen-bond donors (Lipinski definition) is 0. The van der Waals surface area contributed by atoms with Gasteiger partial charge in [-0.15, -0.1) is 23.5 Å². The Morgan fingerprint density at radius 3 is 1.44 bits per heavy atom. The van der Waals surface area contributed by atoms with Crippen LogP contribution in [0.2, 0.25) is 0 Å². The van der Waals surface area contributed by atoms with E-state index in [0.717, 1.165) is 39.3 Å². The van der Waals surface area contributed by atoms with E-state index >= 15 is 0 Å². The molecule has 3 aliphatic heterocycles. The normalized spacial score (nSPS) is 23.9. The summed E-state index contributed by atoms with van der Waals surface area (Å²) in [5.74, 6) is 2.42. The quantitative estimate of drug-likeness (QED) is 0.665. The standard InChI is InChI=1S/C20H30N4S2.CH4/c1-21-15-17-25-19(21)7-3-5-9-23-11-13-24(14-12-23)10-6-4-8-20-22(2)16-18-26-20;/h3-10H,11-18H2,1-2H3;1H4/q+2;. The molecule has 0 unspecified atom stereocenters. The SMILES string of the molecule is C.CN1CCSC1=CC=CC=[N+]1CC[N+](=CC=CC=C2SCCN2C)CC1. The number of piperazine rings is 1. The van der Waals surface area contributed by atoms with Crippen LogP contribution < -0.4 is 0 Å². The Kier molecular flexibility index (Phi) is 9.28. The van der Waals surface area contributed by atoms with Crippen LogP contribution in [0, 0.1) is 0 Å². The highest BCUT2D eigenvalue weighted by Crippen LogP contribution is 2.26. The fourth-order valence-electron chi connectivity index (χ4n) is 3.02. The van der Waals surface area contributed by atoms with Crippen LogP contribution >= 0.6 is 23.5 Å². The van der Waals surface area contributed by atoms with E-state index in [2.05, 4.69) is 81.9 Å². The highest BCUT2D eigenvalue weighted by molar-refractivity contribution is 8.03. The Morgan fingerprint density at radius 2 is 1.11 bits per heavy atom. The molecule has 3 heterocycles. The number of allylic oxidation sites excluding steroid dienone is 6. The van der Waals surface area contributed by atoms with Crippen molar-refractivity contribution < 1.29 is 9.15 Å². The third-order valence-electron chi connectivity index (χ3n) is 4.75. The van der Waals surface area contributed by atoms with Crippen molar-refractivity contribution >= 4 is 36.0 Å². The van der Waals surface area contributed by atoms with Gasteiger partial charge in [0.2, 0.25) is 26.2 Å². The first-order valence-electron chi connectivity index (χ1n) is 9.32. The molecule has 0 saturated carbocycles. The number of nitrogens with zero attached hydrogens (tertiary/aromatic N) is 4. The minimum absolute atomic E-state index is 0. The molecule has 3 aliphatic rings. The molecule has 0 aromatic heterocycles. The van der Waals surface area contributed by atoms with Crippen molar-refractivity contribution in [3.8, 4) is 0 Å². The second kappa shape index (κ2) is 11.4. The molecule has 0 bridgehead atoms. The summed E-state index contributed by atoms with van der Waals surface area (Å²) in [6.07, 6.45) is 17.5. The van der Waals surface area contributed by atoms with Gasteiger partial charge in [0.15, 0.2) is 12.4 Å². The lowest BCUT2D eigenvalue weighted by molar-refractivity contribution is -0.660. The van der Waals surface area contributed by atoms with Gasteiger partial charge in [-0.2, -0.15) is 0 Å². The molecule has 148 valence electrons. The molecule has 0 aliphatic carbocycles. The lowest BCUT2D eigenvalue weighted by Gasteiger charge is -2.10. The first kappa shape index (κ1) is 21.9. The average molecular weight is 407 g/mol. The van der Waals surface area contributed by atoms with Crippen molar-refractivity contribution in [2.75, 3.05) is 64.9 Å². The van der Waals surface area contributed by atoms with Gasteiger partial charge in [-0.3, -0.25) is 0 Å². The summed E-state index contributed by atoms with van der Waals surface area (Å²) in [4.78, 5) is 4.63. The van der Waals surface area contributed by atoms with Gasteiger partial charge >= 0.3 is 0 Å². The molecule has 0 amide bonds. The zero-order chi connectivity index (χ0) is 18.2. The van der Waals surface area contributed by atoms with Gasteiger partial charge in [-0.05, 0) is 12.2 Å². The molecule has 0 spiro atoms. The van der Waals surface area contributed by atoms with Crippen molar-refractivity contribution in [2.24, 2.45) is 0 Å². The maximum Gasteiger partial charge on any atom is 0.201 e. The van der Waals surface area contributed by atoms with Crippen LogP contribution in [0.5, 0.6) is 0 Å². The molecule has 0 atom stereocenters. The van der Waals surface area contributed by atoms with E-state index in [1.165, 1.54) is 21.6 Å². The molecule has 4 nitrogen and oxygen atoms in total. The smallest absolute Gasteiger partial charge is 0.201 e. The Bertz CT molecular complexity index is 604. The van der Waals surface area contributed by atoms with Gasteiger partial charge in [0.25, 0.3) is 0 Å². The lowest BCUT2D eigenvalue weighted by atomic mass is 10.3. The van der Waals surface area contributed by atoms with E-state index in [0.29, 0.717) is 0 Å². The average Bonchev–Trinajstić information content (AvgIpc) is 3.25. The Hall–Kier alpha value is -1.40. The molecule has 0 aromatic rings. The minimum atomic E-state index is 0. The zero-order valence-electron chi connectivity index (χ0n) is 15.9. The monoisotopic (exact) mass is 406 g/mol. The summed E-state index contributed by atoms with van der Waals surface area (Å²) in [6, 6.07) is 0. The van der Waals surface area contributed by atoms with Gasteiger partial charge in [-0.1, -0.05) is 19.6 Å². The second-order valence-corrected chi connectivity index (χ2v) is 8.92. The van der Waals surface area contributed by atoms with Crippen molar-refractivity contribution in [2.45, 2.75) is 7.43 Å². The summed E-state index contributed by atoms with van der Waals surface area (Å²) in [5, 5.41) is 2.75. The van der Waals surface area contributed by atoms with Gasteiger partial charge < -0.3 is 9.80 Å². The summed E-state index contributed by atoms with van der Waals surface area (Å²) >= 11 is 3.87. The van der Waals surface area contributed by atoms with Gasteiger partial charge in [0.1, 0.15) is 0 Å². The van der Waals surface area contributed by atoms with Gasteiger partial charge in [-0.25, -0.2) is 9.15 Å². The van der Waals surface area contributed by atoms with Crippen molar-refractivity contribution in [3.63, 3.8) is 0 Å². The Morgan fingerprint density at radius 1 is 0.704 bits per heavy atom. The van der Waals surface area contributed by atoms with Crippen molar-refractivity contribution in [3.05, 3.63) is 46.5 Å². The number of hydrogen-bond acceptors (Lipinski definition) is 4. The van der Waals surface area contributed by atoms with Crippen LogP contribution in [0.15, 0.2) is 46.5 Å². The van der Waals surface area contributed by atoms with Crippen LogP contribution in [0.1, 0.15) is 7.43 Å². The van der Waals surface area contributed by atoms with Crippen LogP contribution in [-0.2, 0) is 0 Å². The minimum Gasteiger partial charge on any atom is -0.369 e. The summed E-state index contributed by atoms with van der Waals surface area (Å²) in [6.45, 7) is 6.65. The van der Waals surface area contributed by atoms with Crippen molar-refractivity contribution in [1.82, 2.24) is 9.80 Å². The summed E-state index contributed by atoms with van der Waals surface area (Å²) in [5.41, 5.74) is 0. The first-order chi connectivity index (χ1) is 12.7. The van der Waals surface area contributed by atoms with Gasteiger partial charge in [0, 0.05) is 50.8 Å². The molecule has 0 radical (unpaired) electrons. The Labute approximate surface area is 173 Å². The van der Waals surface area contributed by atoms with Crippen LogP contribution in [0.3, 0.4) is 0 Å². The highest BCUT2D eigenvalue weighted by Gasteiger charge is 2.18. The van der Waals surface area contributed by atoms with Crippen LogP contribution in [0.4, 0.5) is 0 Å².